The largest absolute Gasteiger partial charge is 0.573 e. The van der Waals surface area contributed by atoms with Gasteiger partial charge in [-0.2, -0.15) is 5.26 Å². The molecule has 0 aromatic heterocycles. The number of alkyl halides is 3. The molecule has 1 aliphatic heterocycles. The molecule has 0 aromatic carbocycles. The zero-order valence-corrected chi connectivity index (χ0v) is 24.3. The van der Waals surface area contributed by atoms with Gasteiger partial charge < -0.3 is 27.6 Å². The standard InChI is InChI=1S/C21H39BF3N3O7P2/c1-7-32-37(29,33-8-2)19(27-14-30-21(23,24)25)13-17-12-18(20(22)34-17)35-36(31-11-9-10-26)28(15(3)4)16(5)6/h14-20H,7-9,11-13,22H2,1-6H3/t17-,18-,19?,20+,36?/m0/s1. The van der Waals surface area contributed by atoms with Crippen LogP contribution in [-0.4, -0.2) is 81.2 Å². The van der Waals surface area contributed by atoms with Crippen molar-refractivity contribution in [2.45, 2.75) is 103 Å². The highest BCUT2D eigenvalue weighted by Gasteiger charge is 2.43. The molecule has 1 rings (SSSR count). The van der Waals surface area contributed by atoms with Gasteiger partial charge in [0.05, 0.1) is 50.5 Å². The average molecular weight is 575 g/mol. The highest BCUT2D eigenvalue weighted by atomic mass is 31.2. The van der Waals surface area contributed by atoms with Crippen molar-refractivity contribution in [2.75, 3.05) is 19.8 Å². The van der Waals surface area contributed by atoms with E-state index in [1.807, 2.05) is 35.5 Å². The fraction of sp³-hybridized carbons (Fsp3) is 0.905. The normalized spacial score (nSPS) is 22.7. The summed E-state index contributed by atoms with van der Waals surface area (Å²) in [5.74, 6) is -1.28. The Kier molecular flexibility index (Phi) is 15.2. The lowest BCUT2D eigenvalue weighted by molar-refractivity contribution is -0.280. The number of aliphatic imine (C=N–C) groups is 1. The van der Waals surface area contributed by atoms with E-state index < -0.39 is 40.5 Å². The minimum atomic E-state index is -4.94. The Bertz CT molecular complexity index is 771. The number of nitrogens with zero attached hydrogens (tertiary/aromatic N) is 3. The monoisotopic (exact) mass is 575 g/mol. The summed E-state index contributed by atoms with van der Waals surface area (Å²) in [6.45, 7) is 11.5. The Morgan fingerprint density at radius 3 is 2.32 bits per heavy atom. The molecule has 10 nitrogen and oxygen atoms in total. The average Bonchev–Trinajstić information content (AvgIpc) is 3.10. The molecule has 16 heteroatoms. The van der Waals surface area contributed by atoms with Crippen LogP contribution in [0, 0.1) is 11.3 Å². The number of hydrogen-bond donors (Lipinski definition) is 0. The number of nitriles is 1. The molecule has 214 valence electrons. The van der Waals surface area contributed by atoms with Crippen molar-refractivity contribution in [2.24, 2.45) is 4.99 Å². The first-order chi connectivity index (χ1) is 17.3. The van der Waals surface area contributed by atoms with Gasteiger partial charge in [0.15, 0.2) is 12.2 Å². The van der Waals surface area contributed by atoms with E-state index in [4.69, 9.17) is 28.1 Å². The van der Waals surface area contributed by atoms with Gasteiger partial charge in [0.1, 0.15) is 7.85 Å². The smallest absolute Gasteiger partial charge is 0.395 e. The van der Waals surface area contributed by atoms with E-state index in [9.17, 15) is 17.7 Å². The minimum Gasteiger partial charge on any atom is -0.395 e. The summed E-state index contributed by atoms with van der Waals surface area (Å²) in [7, 11) is -3.62. The van der Waals surface area contributed by atoms with E-state index in [2.05, 4.69) is 20.5 Å². The van der Waals surface area contributed by atoms with Gasteiger partial charge in [-0.25, -0.2) is 9.66 Å². The van der Waals surface area contributed by atoms with Crippen LogP contribution in [0.2, 0.25) is 0 Å². The summed E-state index contributed by atoms with van der Waals surface area (Å²) in [4.78, 5) is 3.76. The molecule has 1 heterocycles. The van der Waals surface area contributed by atoms with Crippen molar-refractivity contribution in [3.8, 4) is 6.07 Å². The molecule has 0 saturated carbocycles. The molecule has 0 amide bonds. The van der Waals surface area contributed by atoms with E-state index >= 15 is 0 Å². The predicted octanol–water partition coefficient (Wildman–Crippen LogP) is 4.94. The fourth-order valence-electron chi connectivity index (χ4n) is 3.82. The van der Waals surface area contributed by atoms with Crippen LogP contribution in [0.4, 0.5) is 13.2 Å². The first-order valence-corrected chi connectivity index (χ1v) is 15.1. The van der Waals surface area contributed by atoms with Crippen molar-refractivity contribution in [1.29, 1.82) is 5.26 Å². The third-order valence-corrected chi connectivity index (χ3v) is 9.66. The van der Waals surface area contributed by atoms with Crippen molar-refractivity contribution < 1.29 is 45.3 Å². The second-order valence-corrected chi connectivity index (χ2v) is 12.4. The van der Waals surface area contributed by atoms with Gasteiger partial charge in [0.25, 0.3) is 8.53 Å². The molecule has 1 aliphatic rings. The quantitative estimate of drug-likeness (QED) is 0.0783. The van der Waals surface area contributed by atoms with Gasteiger partial charge in [0.2, 0.25) is 0 Å². The van der Waals surface area contributed by atoms with Crippen LogP contribution in [0.15, 0.2) is 4.99 Å². The van der Waals surface area contributed by atoms with Crippen LogP contribution >= 0.6 is 16.1 Å². The van der Waals surface area contributed by atoms with Gasteiger partial charge >= 0.3 is 14.0 Å². The lowest BCUT2D eigenvalue weighted by atomic mass is 9.94. The van der Waals surface area contributed by atoms with Crippen molar-refractivity contribution in [3.05, 3.63) is 0 Å². The van der Waals surface area contributed by atoms with Gasteiger partial charge in [0, 0.05) is 24.9 Å². The van der Waals surface area contributed by atoms with Crippen molar-refractivity contribution in [3.63, 3.8) is 0 Å². The number of halogens is 3. The van der Waals surface area contributed by atoms with Crippen LogP contribution in [0.3, 0.4) is 0 Å². The zero-order valence-electron chi connectivity index (χ0n) is 22.5. The third-order valence-electron chi connectivity index (χ3n) is 5.19. The van der Waals surface area contributed by atoms with Crippen LogP contribution in [0.5, 0.6) is 0 Å². The van der Waals surface area contributed by atoms with Crippen molar-refractivity contribution in [1.82, 2.24) is 4.67 Å². The highest BCUT2D eigenvalue weighted by molar-refractivity contribution is 7.54. The van der Waals surface area contributed by atoms with Crippen LogP contribution in [0.1, 0.15) is 60.8 Å². The molecule has 5 atom stereocenters. The molecule has 0 radical (unpaired) electrons. The Morgan fingerprint density at radius 1 is 1.24 bits per heavy atom. The maximum Gasteiger partial charge on any atom is 0.573 e. The van der Waals surface area contributed by atoms with Gasteiger partial charge in [-0.15, -0.1) is 13.2 Å². The van der Waals surface area contributed by atoms with E-state index in [0.29, 0.717) is 6.42 Å². The number of hydrogen-bond acceptors (Lipinski definition) is 10. The molecule has 1 fully saturated rings. The van der Waals surface area contributed by atoms with Gasteiger partial charge in [-0.1, -0.05) is 0 Å². The molecule has 0 bridgehead atoms. The van der Waals surface area contributed by atoms with E-state index in [1.165, 1.54) is 0 Å². The first kappa shape index (κ1) is 34.3. The Morgan fingerprint density at radius 2 is 1.84 bits per heavy atom. The molecular weight excluding hydrogens is 536 g/mol. The summed E-state index contributed by atoms with van der Waals surface area (Å²) in [6.07, 6.45) is -5.14. The number of rotatable bonds is 17. The van der Waals surface area contributed by atoms with Crippen LogP contribution < -0.4 is 0 Å². The summed E-state index contributed by atoms with van der Waals surface area (Å²) in [6, 6.07) is 1.89. The van der Waals surface area contributed by atoms with Crippen LogP contribution in [0.25, 0.3) is 0 Å². The molecule has 37 heavy (non-hydrogen) atoms. The zero-order chi connectivity index (χ0) is 28.2. The molecule has 0 spiro atoms. The molecular formula is C21H39BF3N3O7P2. The second-order valence-electron chi connectivity index (χ2n) is 8.80. The fourth-order valence-corrected chi connectivity index (χ4v) is 7.47. The summed E-state index contributed by atoms with van der Waals surface area (Å²) in [5.41, 5.74) is 0. The summed E-state index contributed by atoms with van der Waals surface area (Å²) >= 11 is 0. The van der Waals surface area contributed by atoms with Crippen LogP contribution in [-0.2, 0) is 32.1 Å². The Hall–Kier alpha value is -0.765. The molecule has 0 N–H and O–H groups in total. The predicted molar refractivity (Wildman–Crippen MR) is 137 cm³/mol. The van der Waals surface area contributed by atoms with Gasteiger partial charge in [-0.3, -0.25) is 4.57 Å². The summed E-state index contributed by atoms with van der Waals surface area (Å²) < 4.78 is 85.6. The molecule has 1 saturated heterocycles. The lowest BCUT2D eigenvalue weighted by Gasteiger charge is -2.37. The lowest BCUT2D eigenvalue weighted by Crippen LogP contribution is -2.36. The Labute approximate surface area is 220 Å². The molecule has 0 aromatic rings. The maximum absolute atomic E-state index is 13.4. The number of ether oxygens (including phenoxy) is 2. The second kappa shape index (κ2) is 16.4. The van der Waals surface area contributed by atoms with E-state index in [1.54, 1.807) is 13.8 Å². The maximum atomic E-state index is 13.4. The van der Waals surface area contributed by atoms with Crippen molar-refractivity contribution >= 4 is 30.4 Å². The highest BCUT2D eigenvalue weighted by Crippen LogP contribution is 2.56. The molecule has 2 unspecified atom stereocenters. The minimum absolute atomic E-state index is 0.0155. The molecule has 0 aliphatic carbocycles. The van der Waals surface area contributed by atoms with E-state index in [-0.39, 0.29) is 57.1 Å². The Balaban J connectivity index is 3.07. The summed E-state index contributed by atoms with van der Waals surface area (Å²) in [5, 5.41) is 8.91. The first-order valence-electron chi connectivity index (χ1n) is 12.3. The third kappa shape index (κ3) is 11.9. The SMILES string of the molecule is B[C@@H]1O[C@H](CC(N=COC(F)(F)F)P(=O)(OCC)OCC)C[C@@H]1OP(OCCC#N)N(C(C)C)C(C)C. The van der Waals surface area contributed by atoms with E-state index in [0.717, 1.165) is 0 Å². The topological polar surface area (TPSA) is 112 Å². The van der Waals surface area contributed by atoms with Gasteiger partial charge in [-0.05, 0) is 41.5 Å².